The molecule has 1 aliphatic heterocycles. The summed E-state index contributed by atoms with van der Waals surface area (Å²) in [4.78, 5) is 35.9. The summed E-state index contributed by atoms with van der Waals surface area (Å²) < 4.78 is 10.3. The number of carbonyl (C=O) groups excluding carboxylic acids is 3. The number of rotatable bonds is 7. The molecule has 3 amide bonds. The van der Waals surface area contributed by atoms with Gasteiger partial charge in [0, 0.05) is 78.0 Å². The van der Waals surface area contributed by atoms with Crippen LogP contribution in [0, 0.1) is 5.92 Å². The fourth-order valence-electron chi connectivity index (χ4n) is 3.08. The number of methoxy groups -OCH3 is 2. The van der Waals surface area contributed by atoms with Crippen LogP contribution in [0.25, 0.3) is 0 Å². The Morgan fingerprint density at radius 3 is 2.50 bits per heavy atom. The molecule has 1 aliphatic carbocycles. The third-order valence-corrected chi connectivity index (χ3v) is 4.24. The van der Waals surface area contributed by atoms with Crippen LogP contribution in [0.4, 0.5) is 0 Å². The quantitative estimate of drug-likeness (QED) is 0.508. The monoisotopic (exact) mass is 415 g/mol. The number of amides is 3. The molecule has 8 nitrogen and oxygen atoms in total. The molecule has 0 spiro atoms. The molecule has 1 fully saturated rings. The van der Waals surface area contributed by atoms with Gasteiger partial charge in [-0.1, -0.05) is 0 Å². The van der Waals surface area contributed by atoms with Gasteiger partial charge in [-0.3, -0.25) is 19.3 Å². The van der Waals surface area contributed by atoms with Crippen molar-refractivity contribution < 1.29 is 61.7 Å². The zero-order valence-corrected chi connectivity index (χ0v) is 16.6. The van der Waals surface area contributed by atoms with Crippen molar-refractivity contribution in [1.82, 2.24) is 10.2 Å². The molecule has 4 atom stereocenters. The van der Waals surface area contributed by atoms with E-state index in [1.54, 1.807) is 7.11 Å². The summed E-state index contributed by atoms with van der Waals surface area (Å²) in [5.41, 5.74) is 0. The number of aliphatic hydroxyl groups excluding tert-OH is 1. The molecule has 2 aliphatic rings. The molecule has 1 heterocycles. The normalized spacial score (nSPS) is 29.0. The van der Waals surface area contributed by atoms with Gasteiger partial charge in [-0.05, 0) is 6.42 Å². The summed E-state index contributed by atoms with van der Waals surface area (Å²) in [6, 6.07) is -0.328. The van der Waals surface area contributed by atoms with E-state index in [9.17, 15) is 19.5 Å². The number of imide groups is 1. The van der Waals surface area contributed by atoms with E-state index < -0.39 is 24.0 Å². The molecule has 0 aromatic rings. The van der Waals surface area contributed by atoms with Crippen LogP contribution in [-0.2, 0) is 56.6 Å². The second-order valence-electron chi connectivity index (χ2n) is 5.73. The van der Waals surface area contributed by atoms with Crippen molar-refractivity contribution >= 4 is 17.7 Å². The van der Waals surface area contributed by atoms with Crippen molar-refractivity contribution in [2.24, 2.45) is 5.92 Å². The average molecular weight is 415 g/mol. The average Bonchev–Trinajstić information content (AvgIpc) is 2.98. The van der Waals surface area contributed by atoms with Crippen molar-refractivity contribution in [1.29, 1.82) is 0 Å². The van der Waals surface area contributed by atoms with Crippen molar-refractivity contribution in [2.75, 3.05) is 27.4 Å². The van der Waals surface area contributed by atoms with Gasteiger partial charge in [0.15, 0.2) is 0 Å². The van der Waals surface area contributed by atoms with E-state index in [2.05, 4.69) is 5.32 Å². The third kappa shape index (κ3) is 4.92. The van der Waals surface area contributed by atoms with Gasteiger partial charge in [-0.2, -0.15) is 0 Å². The largest absolute Gasteiger partial charge is 0.390 e. The molecule has 24 heavy (non-hydrogen) atoms. The standard InChI is InChI=1S/C15H22N2O6.Y/c1-22-8-9-7-10(15(23-2)14(9)21)16-11(18)5-6-17-12(19)3-4-13(17)20;/h3-4,9-10,14-15,21H,5-8H2,1-2H3,(H,16,18);/t9-,10+,14+,15?;/m1./s1. The Balaban J connectivity index is 0.00000288. The molecule has 1 unspecified atom stereocenters. The first-order valence-electron chi connectivity index (χ1n) is 7.50. The van der Waals surface area contributed by atoms with E-state index in [1.807, 2.05) is 0 Å². The van der Waals surface area contributed by atoms with Gasteiger partial charge in [-0.25, -0.2) is 0 Å². The van der Waals surface area contributed by atoms with Crippen molar-refractivity contribution in [2.45, 2.75) is 31.1 Å². The summed E-state index contributed by atoms with van der Waals surface area (Å²) in [5, 5.41) is 13.0. The van der Waals surface area contributed by atoms with E-state index in [0.29, 0.717) is 13.0 Å². The molecule has 0 saturated heterocycles. The maximum Gasteiger partial charge on any atom is 0.253 e. The number of nitrogens with one attached hydrogen (secondary N) is 1. The molecule has 2 rings (SSSR count). The maximum atomic E-state index is 12.1. The Morgan fingerprint density at radius 2 is 1.96 bits per heavy atom. The van der Waals surface area contributed by atoms with Crippen molar-refractivity contribution in [3.63, 3.8) is 0 Å². The number of carbonyl (C=O) groups is 3. The molecule has 0 aromatic heterocycles. The summed E-state index contributed by atoms with van der Waals surface area (Å²) in [7, 11) is 3.04. The Morgan fingerprint density at radius 1 is 1.33 bits per heavy atom. The smallest absolute Gasteiger partial charge is 0.253 e. The van der Waals surface area contributed by atoms with Crippen LogP contribution < -0.4 is 5.32 Å². The molecule has 1 saturated carbocycles. The summed E-state index contributed by atoms with van der Waals surface area (Å²) in [6.45, 7) is 0.417. The number of nitrogens with zero attached hydrogens (tertiary/aromatic N) is 1. The van der Waals surface area contributed by atoms with Gasteiger partial charge in [0.2, 0.25) is 5.91 Å². The van der Waals surface area contributed by atoms with E-state index in [-0.39, 0.29) is 63.5 Å². The number of hydrogen-bond donors (Lipinski definition) is 2. The number of ether oxygens (including phenoxy) is 2. The van der Waals surface area contributed by atoms with E-state index in [0.717, 1.165) is 4.90 Å². The molecule has 131 valence electrons. The van der Waals surface area contributed by atoms with E-state index >= 15 is 0 Å². The molecule has 9 heteroatoms. The van der Waals surface area contributed by atoms with Gasteiger partial charge >= 0.3 is 0 Å². The second-order valence-corrected chi connectivity index (χ2v) is 5.73. The first-order chi connectivity index (χ1) is 11.0. The Bertz CT molecular complexity index is 494. The molecule has 0 bridgehead atoms. The SMILES string of the molecule is COC[C@H]1C[C@H](NC(=O)CCN2C(=O)C=CC2=O)C(OC)[C@H]1O.[Y]. The number of hydrogen-bond acceptors (Lipinski definition) is 6. The van der Waals surface area contributed by atoms with Gasteiger partial charge < -0.3 is 19.9 Å². The van der Waals surface area contributed by atoms with E-state index in [1.165, 1.54) is 19.3 Å². The van der Waals surface area contributed by atoms with Crippen LogP contribution in [-0.4, -0.2) is 73.3 Å². The first-order valence-corrected chi connectivity index (χ1v) is 7.50. The van der Waals surface area contributed by atoms with Crippen LogP contribution in [0.2, 0.25) is 0 Å². The van der Waals surface area contributed by atoms with Crippen LogP contribution >= 0.6 is 0 Å². The molecule has 1 radical (unpaired) electrons. The first kappa shape index (κ1) is 21.4. The Hall–Kier alpha value is -0.666. The summed E-state index contributed by atoms with van der Waals surface area (Å²) in [5.74, 6) is -1.22. The zero-order chi connectivity index (χ0) is 17.0. The van der Waals surface area contributed by atoms with E-state index in [4.69, 9.17) is 9.47 Å². The van der Waals surface area contributed by atoms with Gasteiger partial charge in [0.25, 0.3) is 11.8 Å². The minimum Gasteiger partial charge on any atom is -0.390 e. The topological polar surface area (TPSA) is 105 Å². The zero-order valence-electron chi connectivity index (χ0n) is 13.8. The fourth-order valence-corrected chi connectivity index (χ4v) is 3.08. The maximum absolute atomic E-state index is 12.1. The van der Waals surface area contributed by atoms with Crippen LogP contribution in [0.3, 0.4) is 0 Å². The van der Waals surface area contributed by atoms with Crippen LogP contribution in [0.5, 0.6) is 0 Å². The second kappa shape index (κ2) is 9.72. The van der Waals surface area contributed by atoms with Crippen molar-refractivity contribution in [3.8, 4) is 0 Å². The Labute approximate surface area is 165 Å². The minimum absolute atomic E-state index is 0. The predicted molar refractivity (Wildman–Crippen MR) is 79.2 cm³/mol. The number of aliphatic hydroxyl groups is 1. The summed E-state index contributed by atoms with van der Waals surface area (Å²) >= 11 is 0. The Kier molecular flexibility index (Phi) is 8.66. The molecular weight excluding hydrogens is 393 g/mol. The third-order valence-electron chi connectivity index (χ3n) is 4.24. The van der Waals surface area contributed by atoms with Gasteiger partial charge in [0.05, 0.1) is 18.8 Å². The molecular formula is C15H22N2O6Y. The molecule has 2 N–H and O–H groups in total. The summed E-state index contributed by atoms with van der Waals surface area (Å²) in [6.07, 6.45) is 1.71. The predicted octanol–water partition coefficient (Wildman–Crippen LogP) is -1.17. The van der Waals surface area contributed by atoms with Crippen LogP contribution in [0.1, 0.15) is 12.8 Å². The van der Waals surface area contributed by atoms with Crippen LogP contribution in [0.15, 0.2) is 12.2 Å². The fraction of sp³-hybridized carbons (Fsp3) is 0.667. The minimum atomic E-state index is -0.712. The van der Waals surface area contributed by atoms with Gasteiger partial charge in [0.1, 0.15) is 6.10 Å². The molecule has 0 aromatic carbocycles. The van der Waals surface area contributed by atoms with Gasteiger partial charge in [-0.15, -0.1) is 0 Å². The van der Waals surface area contributed by atoms with Crippen molar-refractivity contribution in [3.05, 3.63) is 12.2 Å².